The lowest BCUT2D eigenvalue weighted by Crippen LogP contribution is -2.28. The molecule has 1 nitrogen and oxygen atoms in total. The second kappa shape index (κ2) is 3.15. The number of nitrogens with one attached hydrogen (secondary N) is 1. The highest BCUT2D eigenvalue weighted by molar-refractivity contribution is 5.49. The highest BCUT2D eigenvalue weighted by atomic mass is 19.4. The van der Waals surface area contributed by atoms with E-state index in [0.29, 0.717) is 5.56 Å². The first-order valence-corrected chi connectivity index (χ1v) is 4.85. The van der Waals surface area contributed by atoms with Crippen LogP contribution in [0.3, 0.4) is 0 Å². The molecule has 0 aromatic heterocycles. The van der Waals surface area contributed by atoms with Gasteiger partial charge in [0.1, 0.15) is 0 Å². The molecule has 0 aliphatic heterocycles. The van der Waals surface area contributed by atoms with E-state index in [0.717, 1.165) is 5.69 Å². The van der Waals surface area contributed by atoms with Gasteiger partial charge < -0.3 is 5.32 Å². The summed E-state index contributed by atoms with van der Waals surface area (Å²) in [6, 6.07) is 6.56. The first kappa shape index (κ1) is 10.3. The third kappa shape index (κ3) is 1.58. The molecule has 0 heterocycles. The van der Waals surface area contributed by atoms with Crippen molar-refractivity contribution in [3.8, 4) is 0 Å². The Labute approximate surface area is 86.3 Å². The summed E-state index contributed by atoms with van der Waals surface area (Å²) >= 11 is 0. The monoisotopic (exact) mass is 215 g/mol. The minimum Gasteiger partial charge on any atom is -0.388 e. The molecule has 15 heavy (non-hydrogen) atoms. The van der Waals surface area contributed by atoms with Crippen molar-refractivity contribution < 1.29 is 13.2 Å². The molecule has 1 aromatic carbocycles. The lowest BCUT2D eigenvalue weighted by molar-refractivity contribution is -0.160. The molecular formula is C11H12F3N. The quantitative estimate of drug-likeness (QED) is 0.797. The van der Waals surface area contributed by atoms with Gasteiger partial charge in [-0.1, -0.05) is 12.1 Å². The van der Waals surface area contributed by atoms with Gasteiger partial charge in [0.15, 0.2) is 0 Å². The molecule has 0 atom stereocenters. The number of hydrogen-bond acceptors (Lipinski definition) is 1. The fourth-order valence-electron chi connectivity index (χ4n) is 1.83. The van der Waals surface area contributed by atoms with Crippen molar-refractivity contribution in [3.05, 3.63) is 29.8 Å². The zero-order valence-corrected chi connectivity index (χ0v) is 8.36. The molecule has 1 saturated carbocycles. The molecule has 82 valence electrons. The molecule has 0 radical (unpaired) electrons. The Kier molecular flexibility index (Phi) is 2.17. The van der Waals surface area contributed by atoms with E-state index in [2.05, 4.69) is 5.32 Å². The van der Waals surface area contributed by atoms with Gasteiger partial charge in [-0.25, -0.2) is 0 Å². The van der Waals surface area contributed by atoms with Crippen molar-refractivity contribution in [2.75, 3.05) is 12.4 Å². The van der Waals surface area contributed by atoms with Crippen LogP contribution in [0.5, 0.6) is 0 Å². The standard InChI is InChI=1S/C11H12F3N/c1-15-9-4-2-3-8(7-9)10(5-6-10)11(12,13)14/h2-4,7,15H,5-6H2,1H3. The maximum atomic E-state index is 12.8. The van der Waals surface area contributed by atoms with Crippen LogP contribution in [0, 0.1) is 0 Å². The Morgan fingerprint density at radius 2 is 1.93 bits per heavy atom. The van der Waals surface area contributed by atoms with Crippen LogP contribution in [0.2, 0.25) is 0 Å². The van der Waals surface area contributed by atoms with Crippen LogP contribution in [0.1, 0.15) is 18.4 Å². The Balaban J connectivity index is 2.38. The topological polar surface area (TPSA) is 12.0 Å². The first-order valence-electron chi connectivity index (χ1n) is 4.85. The Morgan fingerprint density at radius 1 is 1.27 bits per heavy atom. The van der Waals surface area contributed by atoms with Crippen LogP contribution in [0.25, 0.3) is 0 Å². The van der Waals surface area contributed by atoms with Gasteiger partial charge in [-0.05, 0) is 30.5 Å². The van der Waals surface area contributed by atoms with Crippen LogP contribution in [0.4, 0.5) is 18.9 Å². The minimum atomic E-state index is -4.13. The van der Waals surface area contributed by atoms with E-state index in [1.54, 1.807) is 31.3 Å². The van der Waals surface area contributed by atoms with Gasteiger partial charge in [0.05, 0.1) is 5.41 Å². The predicted molar refractivity (Wildman–Crippen MR) is 53.0 cm³/mol. The summed E-state index contributed by atoms with van der Waals surface area (Å²) in [7, 11) is 1.70. The highest BCUT2D eigenvalue weighted by Crippen LogP contribution is 2.59. The smallest absolute Gasteiger partial charge is 0.388 e. The molecule has 0 bridgehead atoms. The van der Waals surface area contributed by atoms with Crippen LogP contribution >= 0.6 is 0 Å². The van der Waals surface area contributed by atoms with Gasteiger partial charge in [-0.2, -0.15) is 13.2 Å². The van der Waals surface area contributed by atoms with Gasteiger partial charge in [0.2, 0.25) is 0 Å². The van der Waals surface area contributed by atoms with E-state index in [1.165, 1.54) is 0 Å². The molecule has 1 N–H and O–H groups in total. The number of rotatable bonds is 2. The number of benzene rings is 1. The van der Waals surface area contributed by atoms with E-state index >= 15 is 0 Å². The second-order valence-corrected chi connectivity index (χ2v) is 3.91. The average molecular weight is 215 g/mol. The van der Waals surface area contributed by atoms with Crippen molar-refractivity contribution in [2.45, 2.75) is 24.4 Å². The molecule has 1 aliphatic carbocycles. The summed E-state index contributed by atoms with van der Waals surface area (Å²) in [5.41, 5.74) is -0.468. The van der Waals surface area contributed by atoms with Gasteiger partial charge in [0.25, 0.3) is 0 Å². The van der Waals surface area contributed by atoms with E-state index in [4.69, 9.17) is 0 Å². The van der Waals surface area contributed by atoms with Gasteiger partial charge >= 0.3 is 6.18 Å². The number of halogens is 3. The van der Waals surface area contributed by atoms with Crippen molar-refractivity contribution in [1.29, 1.82) is 0 Å². The fourth-order valence-corrected chi connectivity index (χ4v) is 1.83. The summed E-state index contributed by atoms with van der Waals surface area (Å²) in [6.07, 6.45) is -3.70. The Bertz CT molecular complexity index is 366. The lowest BCUT2D eigenvalue weighted by Gasteiger charge is -2.20. The molecule has 0 unspecified atom stereocenters. The summed E-state index contributed by atoms with van der Waals surface area (Å²) in [4.78, 5) is 0. The van der Waals surface area contributed by atoms with E-state index in [9.17, 15) is 13.2 Å². The minimum absolute atomic E-state index is 0.212. The maximum absolute atomic E-state index is 12.8. The van der Waals surface area contributed by atoms with E-state index in [1.807, 2.05) is 0 Å². The molecule has 1 aromatic rings. The number of hydrogen-bond donors (Lipinski definition) is 1. The summed E-state index contributed by atoms with van der Waals surface area (Å²) in [5.74, 6) is 0. The summed E-state index contributed by atoms with van der Waals surface area (Å²) < 4.78 is 38.4. The summed E-state index contributed by atoms with van der Waals surface area (Å²) in [6.45, 7) is 0. The largest absolute Gasteiger partial charge is 0.398 e. The van der Waals surface area contributed by atoms with Crippen molar-refractivity contribution in [3.63, 3.8) is 0 Å². The molecule has 1 fully saturated rings. The normalized spacial score (nSPS) is 18.7. The number of anilines is 1. The zero-order chi connectivity index (χ0) is 11.1. The molecule has 2 rings (SSSR count). The van der Waals surface area contributed by atoms with Crippen LogP contribution < -0.4 is 5.32 Å². The van der Waals surface area contributed by atoms with Crippen LogP contribution in [-0.4, -0.2) is 13.2 Å². The van der Waals surface area contributed by atoms with Gasteiger partial charge in [0, 0.05) is 12.7 Å². The maximum Gasteiger partial charge on any atom is 0.398 e. The first-order chi connectivity index (χ1) is 6.99. The Hall–Kier alpha value is -1.19. The third-order valence-electron chi connectivity index (χ3n) is 3.00. The average Bonchev–Trinajstić information content (AvgIpc) is 2.97. The highest BCUT2D eigenvalue weighted by Gasteiger charge is 2.64. The van der Waals surface area contributed by atoms with Gasteiger partial charge in [-0.15, -0.1) is 0 Å². The van der Waals surface area contributed by atoms with E-state index < -0.39 is 11.6 Å². The lowest BCUT2D eigenvalue weighted by atomic mass is 9.95. The summed E-state index contributed by atoms with van der Waals surface area (Å²) in [5, 5.41) is 2.85. The molecular weight excluding hydrogens is 203 g/mol. The predicted octanol–water partition coefficient (Wildman–Crippen LogP) is 3.32. The molecule has 0 saturated heterocycles. The molecule has 4 heteroatoms. The van der Waals surface area contributed by atoms with Crippen molar-refractivity contribution in [1.82, 2.24) is 0 Å². The van der Waals surface area contributed by atoms with Crippen molar-refractivity contribution in [2.24, 2.45) is 0 Å². The fraction of sp³-hybridized carbons (Fsp3) is 0.455. The third-order valence-corrected chi connectivity index (χ3v) is 3.00. The SMILES string of the molecule is CNc1cccc(C2(C(F)(F)F)CC2)c1. The molecule has 0 spiro atoms. The molecule has 1 aliphatic rings. The second-order valence-electron chi connectivity index (χ2n) is 3.91. The van der Waals surface area contributed by atoms with Crippen LogP contribution in [0.15, 0.2) is 24.3 Å². The number of alkyl halides is 3. The van der Waals surface area contributed by atoms with E-state index in [-0.39, 0.29) is 12.8 Å². The molecule has 0 amide bonds. The zero-order valence-electron chi connectivity index (χ0n) is 8.36. The van der Waals surface area contributed by atoms with Gasteiger partial charge in [-0.3, -0.25) is 0 Å². The van der Waals surface area contributed by atoms with Crippen molar-refractivity contribution >= 4 is 5.69 Å². The Morgan fingerprint density at radius 3 is 2.40 bits per heavy atom. The van der Waals surface area contributed by atoms with Crippen LogP contribution in [-0.2, 0) is 5.41 Å².